The summed E-state index contributed by atoms with van der Waals surface area (Å²) in [6.07, 6.45) is 3.70. The Morgan fingerprint density at radius 3 is 2.40 bits per heavy atom. The van der Waals surface area contributed by atoms with Gasteiger partial charge in [0.25, 0.3) is 5.91 Å². The van der Waals surface area contributed by atoms with Gasteiger partial charge in [-0.25, -0.2) is 5.43 Å². The second-order valence-corrected chi connectivity index (χ2v) is 6.79. The lowest BCUT2D eigenvalue weighted by Gasteiger charge is -2.09. The topological polar surface area (TPSA) is 59.9 Å². The van der Waals surface area contributed by atoms with Crippen molar-refractivity contribution >= 4 is 12.1 Å². The van der Waals surface area contributed by atoms with Crippen molar-refractivity contribution in [3.05, 3.63) is 95.6 Å². The molecule has 5 nitrogen and oxygen atoms in total. The van der Waals surface area contributed by atoms with Gasteiger partial charge < -0.3 is 9.47 Å². The van der Waals surface area contributed by atoms with Crippen LogP contribution in [-0.2, 0) is 17.8 Å². The Balaban J connectivity index is 1.48. The van der Waals surface area contributed by atoms with E-state index in [2.05, 4.69) is 17.5 Å². The Kier molecular flexibility index (Phi) is 8.03. The maximum Gasteiger partial charge on any atom is 0.277 e. The highest BCUT2D eigenvalue weighted by Gasteiger charge is 2.04. The van der Waals surface area contributed by atoms with Crippen LogP contribution in [0.5, 0.6) is 11.5 Å². The van der Waals surface area contributed by atoms with Crippen molar-refractivity contribution in [2.75, 3.05) is 6.61 Å². The van der Waals surface area contributed by atoms with Crippen molar-refractivity contribution in [2.45, 2.75) is 26.4 Å². The quantitative estimate of drug-likeness (QED) is 0.393. The summed E-state index contributed by atoms with van der Waals surface area (Å²) in [6.45, 7) is 2.50. The molecule has 1 amide bonds. The molecular weight excluding hydrogens is 376 g/mol. The molecule has 0 radical (unpaired) electrons. The minimum absolute atomic E-state index is 0.101. The van der Waals surface area contributed by atoms with Crippen LogP contribution in [0.3, 0.4) is 0 Å². The van der Waals surface area contributed by atoms with Gasteiger partial charge in [-0.1, -0.05) is 67.9 Å². The Morgan fingerprint density at radius 1 is 0.900 bits per heavy atom. The fourth-order valence-corrected chi connectivity index (χ4v) is 2.85. The number of hydrazone groups is 1. The Hall–Kier alpha value is -3.60. The van der Waals surface area contributed by atoms with E-state index in [0.29, 0.717) is 18.1 Å². The lowest BCUT2D eigenvalue weighted by Crippen LogP contribution is -2.24. The van der Waals surface area contributed by atoms with E-state index in [1.807, 2.05) is 78.9 Å². The lowest BCUT2D eigenvalue weighted by molar-refractivity contribution is -0.123. The van der Waals surface area contributed by atoms with E-state index in [4.69, 9.17) is 9.47 Å². The lowest BCUT2D eigenvalue weighted by atomic mass is 10.1. The van der Waals surface area contributed by atoms with Gasteiger partial charge in [0.2, 0.25) is 0 Å². The molecule has 5 heteroatoms. The van der Waals surface area contributed by atoms with Gasteiger partial charge in [0.1, 0.15) is 18.1 Å². The summed E-state index contributed by atoms with van der Waals surface area (Å²) in [6, 6.07) is 25.3. The highest BCUT2D eigenvalue weighted by atomic mass is 16.5. The van der Waals surface area contributed by atoms with Crippen LogP contribution >= 0.6 is 0 Å². The summed E-state index contributed by atoms with van der Waals surface area (Å²) in [7, 11) is 0. The van der Waals surface area contributed by atoms with Gasteiger partial charge in [0, 0.05) is 5.56 Å². The van der Waals surface area contributed by atoms with Crippen LogP contribution < -0.4 is 14.9 Å². The SMILES string of the molecule is CCCc1ccc(OCC(=O)N/N=C/c2ccccc2OCc2ccccc2)cc1. The van der Waals surface area contributed by atoms with Crippen LogP contribution in [0, 0.1) is 0 Å². The zero-order valence-corrected chi connectivity index (χ0v) is 17.1. The molecule has 0 heterocycles. The number of benzene rings is 3. The number of hydrogen-bond acceptors (Lipinski definition) is 4. The zero-order chi connectivity index (χ0) is 21.0. The van der Waals surface area contributed by atoms with Crippen LogP contribution in [0.25, 0.3) is 0 Å². The molecule has 0 fully saturated rings. The zero-order valence-electron chi connectivity index (χ0n) is 17.1. The average molecular weight is 402 g/mol. The summed E-state index contributed by atoms with van der Waals surface area (Å²) in [5.74, 6) is 1.03. The van der Waals surface area contributed by atoms with Crippen LogP contribution in [0.1, 0.15) is 30.0 Å². The number of nitrogens with one attached hydrogen (secondary N) is 1. The monoisotopic (exact) mass is 402 g/mol. The molecule has 0 spiro atoms. The first-order chi connectivity index (χ1) is 14.7. The van der Waals surface area contributed by atoms with Gasteiger partial charge in [-0.15, -0.1) is 0 Å². The summed E-state index contributed by atoms with van der Waals surface area (Å²) in [4.78, 5) is 12.0. The maximum absolute atomic E-state index is 12.0. The highest BCUT2D eigenvalue weighted by molar-refractivity contribution is 5.85. The first-order valence-corrected chi connectivity index (χ1v) is 10.0. The predicted molar refractivity (Wildman–Crippen MR) is 119 cm³/mol. The molecule has 154 valence electrons. The summed E-state index contributed by atoms with van der Waals surface area (Å²) in [5.41, 5.74) is 5.60. The fraction of sp³-hybridized carbons (Fsp3) is 0.200. The third kappa shape index (κ3) is 6.78. The summed E-state index contributed by atoms with van der Waals surface area (Å²) in [5, 5.41) is 4.02. The Morgan fingerprint density at radius 2 is 1.63 bits per heavy atom. The second-order valence-electron chi connectivity index (χ2n) is 6.79. The van der Waals surface area contributed by atoms with E-state index in [-0.39, 0.29) is 12.5 Å². The Labute approximate surface area is 177 Å². The smallest absolute Gasteiger partial charge is 0.277 e. The first kappa shape index (κ1) is 21.1. The van der Waals surface area contributed by atoms with Gasteiger partial charge in [0.15, 0.2) is 6.61 Å². The van der Waals surface area contributed by atoms with Gasteiger partial charge in [-0.3, -0.25) is 4.79 Å². The number of amides is 1. The fourth-order valence-electron chi connectivity index (χ4n) is 2.85. The molecule has 3 rings (SSSR count). The van der Waals surface area contributed by atoms with Gasteiger partial charge in [-0.05, 0) is 41.8 Å². The van der Waals surface area contributed by atoms with E-state index in [1.165, 1.54) is 5.56 Å². The molecule has 0 aliphatic rings. The molecule has 0 bridgehead atoms. The van der Waals surface area contributed by atoms with E-state index < -0.39 is 0 Å². The van der Waals surface area contributed by atoms with Crippen LogP contribution in [0.4, 0.5) is 0 Å². The van der Waals surface area contributed by atoms with Gasteiger partial charge in [0.05, 0.1) is 6.21 Å². The number of para-hydroxylation sites is 1. The largest absolute Gasteiger partial charge is 0.488 e. The molecule has 0 saturated heterocycles. The molecule has 30 heavy (non-hydrogen) atoms. The third-order valence-electron chi connectivity index (χ3n) is 4.38. The summed E-state index contributed by atoms with van der Waals surface area (Å²) >= 11 is 0. The standard InChI is InChI=1S/C25H26N2O3/c1-2-8-20-13-15-23(16-14-20)29-19-25(28)27-26-17-22-11-6-7-12-24(22)30-18-21-9-4-3-5-10-21/h3-7,9-17H,2,8,18-19H2,1H3,(H,27,28)/b26-17+. The number of rotatable bonds is 10. The minimum Gasteiger partial charge on any atom is -0.488 e. The number of nitrogens with zero attached hydrogens (tertiary/aromatic N) is 1. The van der Waals surface area contributed by atoms with Crippen LogP contribution in [0.2, 0.25) is 0 Å². The molecule has 0 aromatic heterocycles. The Bertz CT molecular complexity index is 954. The van der Waals surface area contributed by atoms with Crippen molar-refractivity contribution in [2.24, 2.45) is 5.10 Å². The third-order valence-corrected chi connectivity index (χ3v) is 4.38. The molecule has 1 N–H and O–H groups in total. The number of aryl methyl sites for hydroxylation is 1. The molecule has 3 aromatic rings. The van der Waals surface area contributed by atoms with Crippen molar-refractivity contribution in [1.29, 1.82) is 0 Å². The van der Waals surface area contributed by atoms with E-state index in [9.17, 15) is 4.79 Å². The van der Waals surface area contributed by atoms with Gasteiger partial charge in [-0.2, -0.15) is 5.10 Å². The van der Waals surface area contributed by atoms with Crippen LogP contribution in [-0.4, -0.2) is 18.7 Å². The molecule has 0 aliphatic heterocycles. The van der Waals surface area contributed by atoms with Crippen molar-refractivity contribution in [3.63, 3.8) is 0 Å². The minimum atomic E-state index is -0.327. The number of carbonyl (C=O) groups excluding carboxylic acids is 1. The van der Waals surface area contributed by atoms with Crippen molar-refractivity contribution in [1.82, 2.24) is 5.43 Å². The maximum atomic E-state index is 12.0. The van der Waals surface area contributed by atoms with E-state index in [0.717, 1.165) is 24.0 Å². The molecular formula is C25H26N2O3. The average Bonchev–Trinajstić information content (AvgIpc) is 2.79. The van der Waals surface area contributed by atoms with E-state index in [1.54, 1.807) is 6.21 Å². The molecule has 0 aliphatic carbocycles. The predicted octanol–water partition coefficient (Wildman–Crippen LogP) is 4.75. The van der Waals surface area contributed by atoms with E-state index >= 15 is 0 Å². The molecule has 3 aromatic carbocycles. The first-order valence-electron chi connectivity index (χ1n) is 10.0. The molecule has 0 atom stereocenters. The second kappa shape index (κ2) is 11.4. The molecule has 0 saturated carbocycles. The number of hydrogen-bond donors (Lipinski definition) is 1. The normalized spacial score (nSPS) is 10.7. The summed E-state index contributed by atoms with van der Waals surface area (Å²) < 4.78 is 11.4. The highest BCUT2D eigenvalue weighted by Crippen LogP contribution is 2.17. The van der Waals surface area contributed by atoms with Crippen molar-refractivity contribution in [3.8, 4) is 11.5 Å². The van der Waals surface area contributed by atoms with Crippen molar-refractivity contribution < 1.29 is 14.3 Å². The van der Waals surface area contributed by atoms with Gasteiger partial charge >= 0.3 is 0 Å². The van der Waals surface area contributed by atoms with Crippen LogP contribution in [0.15, 0.2) is 84.0 Å². The molecule has 0 unspecified atom stereocenters. The number of ether oxygens (including phenoxy) is 2. The number of carbonyl (C=O) groups is 1.